The molecule has 1 unspecified atom stereocenters. The smallest absolute Gasteiger partial charge is 0.229 e. The number of carbonyl (C=O) groups is 1. The Morgan fingerprint density at radius 1 is 1.30 bits per heavy atom. The largest absolute Gasteiger partial charge is 0.494 e. The van der Waals surface area contributed by atoms with Gasteiger partial charge in [0.05, 0.1) is 35.8 Å². The van der Waals surface area contributed by atoms with Crippen LogP contribution in [0, 0.1) is 11.3 Å². The number of thiophene rings is 1. The summed E-state index contributed by atoms with van der Waals surface area (Å²) >= 11 is 3.17. The lowest BCUT2D eigenvalue weighted by Crippen LogP contribution is -2.47. The number of allylic oxidation sites excluding steroid dienone is 1. The second-order valence-electron chi connectivity index (χ2n) is 6.31. The van der Waals surface area contributed by atoms with Gasteiger partial charge in [0.1, 0.15) is 5.75 Å². The van der Waals surface area contributed by atoms with Crippen LogP contribution in [0.15, 0.2) is 52.4 Å². The third-order valence-electron chi connectivity index (χ3n) is 4.69. The van der Waals surface area contributed by atoms with Gasteiger partial charge in [-0.3, -0.25) is 9.69 Å². The molecule has 0 N–H and O–H groups in total. The molecule has 0 bridgehead atoms. The average Bonchev–Trinajstić information content (AvgIpc) is 3.23. The zero-order valence-corrected chi connectivity index (χ0v) is 16.6. The lowest BCUT2D eigenvalue weighted by Gasteiger charge is -2.41. The van der Waals surface area contributed by atoms with Crippen molar-refractivity contribution < 1.29 is 9.53 Å². The summed E-state index contributed by atoms with van der Waals surface area (Å²) in [5.74, 6) is 1.50. The van der Waals surface area contributed by atoms with E-state index in [1.54, 1.807) is 28.0 Å². The molecule has 138 valence electrons. The second-order valence-corrected chi connectivity index (χ2v) is 8.22. The first-order valence-corrected chi connectivity index (χ1v) is 10.7. The van der Waals surface area contributed by atoms with Crippen molar-refractivity contribution >= 4 is 34.7 Å². The van der Waals surface area contributed by atoms with E-state index in [2.05, 4.69) is 11.0 Å². The average molecular weight is 398 g/mol. The maximum Gasteiger partial charge on any atom is 0.229 e. The van der Waals surface area contributed by atoms with Gasteiger partial charge in [-0.2, -0.15) is 5.26 Å². The Morgan fingerprint density at radius 3 is 2.78 bits per heavy atom. The first kappa shape index (κ1) is 18.0. The van der Waals surface area contributed by atoms with Gasteiger partial charge < -0.3 is 9.64 Å². The zero-order chi connectivity index (χ0) is 18.8. The van der Waals surface area contributed by atoms with E-state index in [0.717, 1.165) is 21.3 Å². The summed E-state index contributed by atoms with van der Waals surface area (Å²) in [4.78, 5) is 17.8. The molecule has 2 aromatic rings. The third kappa shape index (κ3) is 3.43. The van der Waals surface area contributed by atoms with Gasteiger partial charge in [-0.15, -0.1) is 11.3 Å². The van der Waals surface area contributed by atoms with Crippen molar-refractivity contribution in [2.75, 3.05) is 24.1 Å². The molecule has 1 saturated heterocycles. The molecular weight excluding hydrogens is 378 g/mol. The van der Waals surface area contributed by atoms with Crippen LogP contribution in [-0.4, -0.2) is 30.0 Å². The predicted octanol–water partition coefficient (Wildman–Crippen LogP) is 4.37. The Balaban J connectivity index is 1.59. The number of thioether (sulfide) groups is 1. The zero-order valence-electron chi connectivity index (χ0n) is 14.9. The molecule has 2 aliphatic rings. The number of ether oxygens (including phenoxy) is 1. The number of fused-ring (bicyclic) bond motifs is 1. The number of benzene rings is 1. The Morgan fingerprint density at radius 2 is 2.11 bits per heavy atom. The molecule has 1 aromatic heterocycles. The molecule has 5 nitrogen and oxygen atoms in total. The fourth-order valence-corrected chi connectivity index (χ4v) is 5.38. The minimum Gasteiger partial charge on any atom is -0.494 e. The van der Waals surface area contributed by atoms with Crippen LogP contribution >= 0.6 is 23.1 Å². The lowest BCUT2D eigenvalue weighted by molar-refractivity contribution is -0.129. The molecule has 1 amide bonds. The van der Waals surface area contributed by atoms with Crippen LogP contribution in [0.5, 0.6) is 5.75 Å². The quantitative estimate of drug-likeness (QED) is 0.767. The highest BCUT2D eigenvalue weighted by atomic mass is 32.2. The summed E-state index contributed by atoms with van der Waals surface area (Å²) in [6, 6.07) is 14.3. The second kappa shape index (κ2) is 7.67. The highest BCUT2D eigenvalue weighted by molar-refractivity contribution is 8.03. The minimum atomic E-state index is -0.113. The van der Waals surface area contributed by atoms with Crippen LogP contribution in [0.1, 0.15) is 24.1 Å². The number of carbonyl (C=O) groups excluding carboxylic acids is 1. The molecule has 0 aliphatic carbocycles. The molecule has 2 aliphatic heterocycles. The first-order chi connectivity index (χ1) is 13.2. The molecule has 0 spiro atoms. The highest BCUT2D eigenvalue weighted by Crippen LogP contribution is 2.44. The van der Waals surface area contributed by atoms with Crippen molar-refractivity contribution in [3.63, 3.8) is 0 Å². The van der Waals surface area contributed by atoms with Gasteiger partial charge in [0.15, 0.2) is 0 Å². The number of hydrogen-bond donors (Lipinski definition) is 0. The Hall–Kier alpha value is -2.43. The predicted molar refractivity (Wildman–Crippen MR) is 109 cm³/mol. The van der Waals surface area contributed by atoms with E-state index in [1.807, 2.05) is 48.7 Å². The summed E-state index contributed by atoms with van der Waals surface area (Å²) in [7, 11) is 0. The van der Waals surface area contributed by atoms with Gasteiger partial charge in [0.25, 0.3) is 0 Å². The van der Waals surface area contributed by atoms with E-state index < -0.39 is 0 Å². The molecule has 27 heavy (non-hydrogen) atoms. The van der Waals surface area contributed by atoms with Crippen molar-refractivity contribution in [1.82, 2.24) is 4.90 Å². The van der Waals surface area contributed by atoms with Crippen molar-refractivity contribution in [3.8, 4) is 11.8 Å². The van der Waals surface area contributed by atoms with Gasteiger partial charge in [0, 0.05) is 22.9 Å². The van der Waals surface area contributed by atoms with Crippen LogP contribution in [0.3, 0.4) is 0 Å². The molecule has 0 saturated carbocycles. The van der Waals surface area contributed by atoms with E-state index in [1.165, 1.54) is 0 Å². The maximum absolute atomic E-state index is 12.8. The molecule has 7 heteroatoms. The number of rotatable bonds is 4. The van der Waals surface area contributed by atoms with Crippen LogP contribution < -0.4 is 9.64 Å². The Bertz CT molecular complexity index is 900. The van der Waals surface area contributed by atoms with Crippen LogP contribution in [0.2, 0.25) is 0 Å². The van der Waals surface area contributed by atoms with Crippen molar-refractivity contribution in [2.24, 2.45) is 0 Å². The monoisotopic (exact) mass is 397 g/mol. The number of nitrogens with zero attached hydrogens (tertiary/aromatic N) is 3. The molecule has 1 atom stereocenters. The minimum absolute atomic E-state index is 0.0746. The van der Waals surface area contributed by atoms with Crippen LogP contribution in [0.25, 0.3) is 0 Å². The maximum atomic E-state index is 12.8. The SMILES string of the molecule is CCOc1ccc(N2CSC3=C(C#N)C(c4cccs4)CC(=O)N3C2)cc1. The fourth-order valence-electron chi connectivity index (χ4n) is 3.38. The normalized spacial score (nSPS) is 19.7. The summed E-state index contributed by atoms with van der Waals surface area (Å²) in [6.45, 7) is 3.07. The number of anilines is 1. The number of hydrogen-bond acceptors (Lipinski definition) is 6. The fraction of sp³-hybridized carbons (Fsp3) is 0.300. The van der Waals surface area contributed by atoms with E-state index >= 15 is 0 Å². The molecule has 3 heterocycles. The first-order valence-electron chi connectivity index (χ1n) is 8.80. The lowest BCUT2D eigenvalue weighted by atomic mass is 9.92. The number of nitriles is 1. The van der Waals surface area contributed by atoms with Crippen molar-refractivity contribution in [3.05, 3.63) is 57.3 Å². The molecule has 0 radical (unpaired) electrons. The van der Waals surface area contributed by atoms with E-state index in [9.17, 15) is 10.1 Å². The van der Waals surface area contributed by atoms with Crippen LogP contribution in [0.4, 0.5) is 5.69 Å². The van der Waals surface area contributed by atoms with E-state index in [4.69, 9.17) is 4.74 Å². The van der Waals surface area contributed by atoms with Gasteiger partial charge in [-0.25, -0.2) is 0 Å². The third-order valence-corrected chi connectivity index (χ3v) is 6.83. The standard InChI is InChI=1S/C20H19N3O2S2/c1-2-25-15-7-5-14(6-8-15)22-12-23-19(24)10-16(18-4-3-9-26-18)17(11-21)20(23)27-13-22/h3-9,16H,2,10,12-13H2,1H3. The van der Waals surface area contributed by atoms with E-state index in [0.29, 0.717) is 31.1 Å². The molecule has 1 aromatic carbocycles. The topological polar surface area (TPSA) is 56.6 Å². The molecule has 4 rings (SSSR count). The summed E-state index contributed by atoms with van der Waals surface area (Å²) in [5, 5.41) is 12.6. The van der Waals surface area contributed by atoms with Gasteiger partial charge >= 0.3 is 0 Å². The van der Waals surface area contributed by atoms with Crippen molar-refractivity contribution in [2.45, 2.75) is 19.3 Å². The molecular formula is C20H19N3O2S2. The Labute approximate surface area is 166 Å². The Kier molecular flexibility index (Phi) is 5.10. The summed E-state index contributed by atoms with van der Waals surface area (Å²) in [5.41, 5.74) is 1.75. The van der Waals surface area contributed by atoms with Crippen LogP contribution in [-0.2, 0) is 4.79 Å². The van der Waals surface area contributed by atoms with E-state index in [-0.39, 0.29) is 11.8 Å². The van der Waals surface area contributed by atoms with Gasteiger partial charge in [0.2, 0.25) is 5.91 Å². The summed E-state index contributed by atoms with van der Waals surface area (Å²) < 4.78 is 5.50. The molecule has 1 fully saturated rings. The van der Waals surface area contributed by atoms with Gasteiger partial charge in [-0.05, 0) is 42.6 Å². The summed E-state index contributed by atoms with van der Waals surface area (Å²) in [6.07, 6.45) is 0.352. The highest BCUT2D eigenvalue weighted by Gasteiger charge is 2.38. The van der Waals surface area contributed by atoms with Crippen molar-refractivity contribution in [1.29, 1.82) is 5.26 Å². The number of amides is 1. The van der Waals surface area contributed by atoms with Gasteiger partial charge in [-0.1, -0.05) is 17.8 Å².